The Hall–Kier alpha value is -1.85. The van der Waals surface area contributed by atoms with Gasteiger partial charge in [0.25, 0.3) is 0 Å². The van der Waals surface area contributed by atoms with Crippen molar-refractivity contribution in [2.24, 2.45) is 0 Å². The van der Waals surface area contributed by atoms with Crippen LogP contribution < -0.4 is 5.32 Å². The van der Waals surface area contributed by atoms with Crippen LogP contribution in [0.2, 0.25) is 0 Å². The summed E-state index contributed by atoms with van der Waals surface area (Å²) in [7, 11) is 0. The van der Waals surface area contributed by atoms with Crippen LogP contribution in [0.1, 0.15) is 12.8 Å². The van der Waals surface area contributed by atoms with Crippen molar-refractivity contribution in [2.45, 2.75) is 18.9 Å². The zero-order valence-corrected chi connectivity index (χ0v) is 7.36. The Morgan fingerprint density at radius 2 is 2.29 bits per heavy atom. The second kappa shape index (κ2) is 2.57. The molecular weight excluding hydrogens is 182 g/mol. The summed E-state index contributed by atoms with van der Waals surface area (Å²) in [5.41, 5.74) is 0.965. The van der Waals surface area contributed by atoms with Gasteiger partial charge in [0.15, 0.2) is 11.2 Å². The fourth-order valence-electron chi connectivity index (χ4n) is 1.30. The van der Waals surface area contributed by atoms with E-state index < -0.39 is 0 Å². The van der Waals surface area contributed by atoms with Crippen molar-refractivity contribution >= 4 is 17.1 Å². The first-order valence-electron chi connectivity index (χ1n) is 4.49. The molecule has 14 heavy (non-hydrogen) atoms. The predicted molar refractivity (Wildman–Crippen MR) is 50.0 cm³/mol. The molecule has 0 saturated heterocycles. The molecule has 1 aliphatic rings. The first-order valence-corrected chi connectivity index (χ1v) is 4.49. The Labute approximate surface area is 79.4 Å². The molecule has 2 aromatic heterocycles. The molecule has 2 heterocycles. The van der Waals surface area contributed by atoms with Crippen LogP contribution in [0.4, 0.5) is 5.95 Å². The lowest BCUT2D eigenvalue weighted by atomic mass is 10.5. The van der Waals surface area contributed by atoms with Gasteiger partial charge in [0.2, 0.25) is 11.8 Å². The zero-order valence-electron chi connectivity index (χ0n) is 7.36. The van der Waals surface area contributed by atoms with Crippen LogP contribution in [-0.4, -0.2) is 31.1 Å². The smallest absolute Gasteiger partial charge is 0.244 e. The van der Waals surface area contributed by atoms with E-state index in [2.05, 4.69) is 25.3 Å². The highest BCUT2D eigenvalue weighted by Crippen LogP contribution is 2.25. The fraction of sp³-hybridized carbons (Fsp3) is 0.375. The average Bonchev–Trinajstić information content (AvgIpc) is 2.82. The topological polar surface area (TPSA) is 86.7 Å². The van der Waals surface area contributed by atoms with Gasteiger partial charge in [-0.15, -0.1) is 0 Å². The zero-order chi connectivity index (χ0) is 9.54. The summed E-state index contributed by atoms with van der Waals surface area (Å²) in [5, 5.41) is 12.6. The van der Waals surface area contributed by atoms with Crippen LogP contribution in [0, 0.1) is 0 Å². The largest absolute Gasteiger partial charge is 0.492 e. The van der Waals surface area contributed by atoms with Gasteiger partial charge in [0.1, 0.15) is 0 Å². The first-order chi connectivity index (χ1) is 6.83. The Kier molecular flexibility index (Phi) is 1.38. The minimum absolute atomic E-state index is 0.0839. The molecule has 0 amide bonds. The average molecular weight is 191 g/mol. The molecule has 1 fully saturated rings. The summed E-state index contributed by atoms with van der Waals surface area (Å²) < 4.78 is 0. The maximum absolute atomic E-state index is 9.50. The molecule has 6 heteroatoms. The number of aromatic amines is 1. The number of nitrogens with zero attached hydrogens (tertiary/aromatic N) is 3. The maximum atomic E-state index is 9.50. The van der Waals surface area contributed by atoms with Gasteiger partial charge in [-0.1, -0.05) is 0 Å². The van der Waals surface area contributed by atoms with Crippen LogP contribution in [-0.2, 0) is 0 Å². The van der Waals surface area contributed by atoms with Crippen LogP contribution in [0.15, 0.2) is 6.33 Å². The predicted octanol–water partition coefficient (Wildman–Crippen LogP) is 0.633. The molecule has 1 aliphatic carbocycles. The highest BCUT2D eigenvalue weighted by atomic mass is 16.3. The van der Waals surface area contributed by atoms with Crippen LogP contribution >= 0.6 is 0 Å². The van der Waals surface area contributed by atoms with E-state index in [9.17, 15) is 5.11 Å². The van der Waals surface area contributed by atoms with E-state index in [0.717, 1.165) is 12.8 Å². The summed E-state index contributed by atoms with van der Waals surface area (Å²) >= 11 is 0. The van der Waals surface area contributed by atoms with E-state index in [4.69, 9.17) is 0 Å². The SMILES string of the molecule is Oc1nc(NC2CC2)nc2[nH]cnc12. The minimum atomic E-state index is -0.0839. The number of aromatic nitrogens is 4. The normalized spacial score (nSPS) is 16.0. The third kappa shape index (κ3) is 1.15. The van der Waals surface area contributed by atoms with Crippen molar-refractivity contribution in [3.8, 4) is 5.88 Å². The van der Waals surface area contributed by atoms with E-state index in [1.807, 2.05) is 0 Å². The molecule has 0 aliphatic heterocycles. The Balaban J connectivity index is 2.06. The molecule has 0 unspecified atom stereocenters. The summed E-state index contributed by atoms with van der Waals surface area (Å²) in [6, 6.07) is 0.467. The van der Waals surface area contributed by atoms with Gasteiger partial charge < -0.3 is 15.4 Å². The van der Waals surface area contributed by atoms with Gasteiger partial charge >= 0.3 is 0 Å². The molecule has 6 nitrogen and oxygen atoms in total. The number of rotatable bonds is 2. The third-order valence-corrected chi connectivity index (χ3v) is 2.17. The molecule has 0 aromatic carbocycles. The second-order valence-corrected chi connectivity index (χ2v) is 3.39. The van der Waals surface area contributed by atoms with Gasteiger partial charge in [0, 0.05) is 6.04 Å². The summed E-state index contributed by atoms with van der Waals surface area (Å²) in [6.07, 6.45) is 3.77. The Morgan fingerprint density at radius 3 is 3.07 bits per heavy atom. The summed E-state index contributed by atoms with van der Waals surface area (Å²) in [6.45, 7) is 0. The maximum Gasteiger partial charge on any atom is 0.244 e. The fourth-order valence-corrected chi connectivity index (χ4v) is 1.30. The number of hydrogen-bond donors (Lipinski definition) is 3. The van der Waals surface area contributed by atoms with Gasteiger partial charge in [-0.2, -0.15) is 9.97 Å². The van der Waals surface area contributed by atoms with Gasteiger partial charge in [-0.3, -0.25) is 0 Å². The van der Waals surface area contributed by atoms with Crippen molar-refractivity contribution in [2.75, 3.05) is 5.32 Å². The number of hydrogen-bond acceptors (Lipinski definition) is 5. The Bertz CT molecular complexity index is 476. The molecule has 0 radical (unpaired) electrons. The second-order valence-electron chi connectivity index (χ2n) is 3.39. The molecule has 2 aromatic rings. The molecule has 72 valence electrons. The lowest BCUT2D eigenvalue weighted by Crippen LogP contribution is -2.05. The van der Waals surface area contributed by atoms with Crippen molar-refractivity contribution in [1.82, 2.24) is 19.9 Å². The number of nitrogens with one attached hydrogen (secondary N) is 2. The molecule has 0 atom stereocenters. The number of anilines is 1. The summed E-state index contributed by atoms with van der Waals surface area (Å²) in [5.74, 6) is 0.376. The van der Waals surface area contributed by atoms with E-state index in [1.54, 1.807) is 0 Å². The van der Waals surface area contributed by atoms with Crippen molar-refractivity contribution in [3.63, 3.8) is 0 Å². The monoisotopic (exact) mass is 191 g/mol. The number of imidazole rings is 1. The van der Waals surface area contributed by atoms with Crippen LogP contribution in [0.3, 0.4) is 0 Å². The third-order valence-electron chi connectivity index (χ3n) is 2.17. The molecule has 3 rings (SSSR count). The molecule has 3 N–H and O–H groups in total. The van der Waals surface area contributed by atoms with Crippen molar-refractivity contribution < 1.29 is 5.11 Å². The first kappa shape index (κ1) is 7.54. The highest BCUT2D eigenvalue weighted by molar-refractivity contribution is 5.76. The van der Waals surface area contributed by atoms with Crippen molar-refractivity contribution in [3.05, 3.63) is 6.33 Å². The van der Waals surface area contributed by atoms with E-state index in [-0.39, 0.29) is 5.88 Å². The minimum Gasteiger partial charge on any atom is -0.492 e. The van der Waals surface area contributed by atoms with Crippen LogP contribution in [0.25, 0.3) is 11.2 Å². The highest BCUT2D eigenvalue weighted by Gasteiger charge is 2.22. The Morgan fingerprint density at radius 1 is 1.43 bits per heavy atom. The summed E-state index contributed by atoms with van der Waals surface area (Å²) in [4.78, 5) is 14.8. The number of aromatic hydroxyl groups is 1. The lowest BCUT2D eigenvalue weighted by Gasteiger charge is -2.01. The molecule has 1 saturated carbocycles. The molecular formula is C8H9N5O. The van der Waals surface area contributed by atoms with E-state index >= 15 is 0 Å². The van der Waals surface area contributed by atoms with Gasteiger partial charge in [-0.05, 0) is 12.8 Å². The quantitative estimate of drug-likeness (QED) is 0.648. The van der Waals surface area contributed by atoms with Crippen molar-refractivity contribution in [1.29, 1.82) is 0 Å². The van der Waals surface area contributed by atoms with Gasteiger partial charge in [-0.25, -0.2) is 4.98 Å². The number of H-pyrrole nitrogens is 1. The van der Waals surface area contributed by atoms with E-state index in [0.29, 0.717) is 23.2 Å². The lowest BCUT2D eigenvalue weighted by molar-refractivity contribution is 0.459. The number of fused-ring (bicyclic) bond motifs is 1. The van der Waals surface area contributed by atoms with Gasteiger partial charge in [0.05, 0.1) is 6.33 Å². The van der Waals surface area contributed by atoms with E-state index in [1.165, 1.54) is 6.33 Å². The molecule has 0 bridgehead atoms. The standard InChI is InChI=1S/C8H9N5O/c14-7-5-6(10-3-9-5)12-8(13-7)11-4-1-2-4/h3-4H,1-2H2,(H3,9,10,11,12,13,14). The molecule has 0 spiro atoms. The van der Waals surface area contributed by atoms with Crippen LogP contribution in [0.5, 0.6) is 5.88 Å².